The predicted molar refractivity (Wildman–Crippen MR) is 60.5 cm³/mol. The van der Waals surface area contributed by atoms with Gasteiger partial charge < -0.3 is 10.1 Å². The lowest BCUT2D eigenvalue weighted by Crippen LogP contribution is -2.35. The number of amides is 1. The van der Waals surface area contributed by atoms with Gasteiger partial charge in [0, 0.05) is 25.5 Å². The second-order valence-corrected chi connectivity index (χ2v) is 3.50. The van der Waals surface area contributed by atoms with Gasteiger partial charge in [-0.15, -0.1) is 0 Å². The highest BCUT2D eigenvalue weighted by Crippen LogP contribution is 2.04. The van der Waals surface area contributed by atoms with Crippen molar-refractivity contribution >= 4 is 6.09 Å². The Morgan fingerprint density at radius 3 is 2.88 bits per heavy atom. The molecule has 0 atom stereocenters. The fraction of sp³-hybridized carbons (Fsp3) is 0.250. The second-order valence-electron chi connectivity index (χ2n) is 3.50. The van der Waals surface area contributed by atoms with Crippen molar-refractivity contribution in [2.45, 2.75) is 6.61 Å². The molecule has 0 saturated carbocycles. The molecule has 0 spiro atoms. The van der Waals surface area contributed by atoms with E-state index >= 15 is 0 Å². The molecule has 1 aromatic rings. The summed E-state index contributed by atoms with van der Waals surface area (Å²) in [6.07, 6.45) is 3.13. The molecule has 0 bridgehead atoms. The van der Waals surface area contributed by atoms with Gasteiger partial charge in [-0.1, -0.05) is 30.3 Å². The van der Waals surface area contributed by atoms with Gasteiger partial charge in [0.2, 0.25) is 0 Å². The minimum Gasteiger partial charge on any atom is -0.444 e. The molecule has 1 heterocycles. The normalized spacial score (nSPS) is 14.4. The lowest BCUT2D eigenvalue weighted by Gasteiger charge is -2.21. The molecule has 1 N–H and O–H groups in total. The van der Waals surface area contributed by atoms with E-state index in [1.807, 2.05) is 30.3 Å². The number of hydrogen-bond acceptors (Lipinski definition) is 3. The van der Waals surface area contributed by atoms with Crippen molar-refractivity contribution in [1.82, 2.24) is 10.2 Å². The van der Waals surface area contributed by atoms with E-state index in [0.29, 0.717) is 13.2 Å². The average molecular weight is 218 g/mol. The molecule has 1 aliphatic rings. The van der Waals surface area contributed by atoms with Crippen LogP contribution in [0.15, 0.2) is 42.7 Å². The Hall–Kier alpha value is -1.97. The first-order valence-corrected chi connectivity index (χ1v) is 5.23. The Kier molecular flexibility index (Phi) is 3.43. The Balaban J connectivity index is 1.84. The zero-order valence-corrected chi connectivity index (χ0v) is 8.93. The van der Waals surface area contributed by atoms with Gasteiger partial charge in [-0.2, -0.15) is 0 Å². The molecule has 0 aromatic heterocycles. The van der Waals surface area contributed by atoms with Gasteiger partial charge in [-0.3, -0.25) is 4.90 Å². The number of nitrogens with zero attached hydrogens (tertiary/aromatic N) is 1. The van der Waals surface area contributed by atoms with Gasteiger partial charge in [-0.25, -0.2) is 4.79 Å². The molecule has 16 heavy (non-hydrogen) atoms. The van der Waals surface area contributed by atoms with Gasteiger partial charge in [-0.05, 0) is 5.56 Å². The number of carbonyl (C=O) groups excluding carboxylic acids is 1. The summed E-state index contributed by atoms with van der Waals surface area (Å²) in [6.45, 7) is 1.72. The fourth-order valence-electron chi connectivity index (χ4n) is 1.44. The van der Waals surface area contributed by atoms with Crippen LogP contribution in [0.4, 0.5) is 4.79 Å². The zero-order chi connectivity index (χ0) is 11.2. The maximum Gasteiger partial charge on any atom is 0.414 e. The molecule has 1 aliphatic heterocycles. The van der Waals surface area contributed by atoms with Crippen LogP contribution in [0.25, 0.3) is 0 Å². The van der Waals surface area contributed by atoms with Crippen molar-refractivity contribution in [2.75, 3.05) is 13.1 Å². The van der Waals surface area contributed by atoms with Crippen molar-refractivity contribution in [3.05, 3.63) is 48.3 Å². The molecule has 84 valence electrons. The molecule has 4 nitrogen and oxygen atoms in total. The number of rotatable bonds is 2. The first-order chi connectivity index (χ1) is 7.86. The summed E-state index contributed by atoms with van der Waals surface area (Å²) in [5.41, 5.74) is 0.995. The van der Waals surface area contributed by atoms with Crippen molar-refractivity contribution in [2.24, 2.45) is 0 Å². The minimum atomic E-state index is -0.304. The van der Waals surface area contributed by atoms with E-state index in [9.17, 15) is 4.79 Å². The molecule has 2 rings (SSSR count). The quantitative estimate of drug-likeness (QED) is 0.821. The molecule has 0 aliphatic carbocycles. The molecule has 0 radical (unpaired) electrons. The topological polar surface area (TPSA) is 41.6 Å². The van der Waals surface area contributed by atoms with Crippen molar-refractivity contribution < 1.29 is 9.53 Å². The van der Waals surface area contributed by atoms with Crippen LogP contribution >= 0.6 is 0 Å². The van der Waals surface area contributed by atoms with Crippen molar-refractivity contribution in [1.29, 1.82) is 0 Å². The lowest BCUT2D eigenvalue weighted by atomic mass is 10.2. The summed E-state index contributed by atoms with van der Waals surface area (Å²) < 4.78 is 5.18. The summed E-state index contributed by atoms with van der Waals surface area (Å²) in [5, 5.41) is 3.01. The van der Waals surface area contributed by atoms with Crippen molar-refractivity contribution in [3.63, 3.8) is 0 Å². The molecule has 1 aromatic carbocycles. The third-order valence-electron chi connectivity index (χ3n) is 2.31. The van der Waals surface area contributed by atoms with Crippen molar-refractivity contribution in [3.8, 4) is 0 Å². The Labute approximate surface area is 94.5 Å². The molecule has 0 fully saturated rings. The summed E-state index contributed by atoms with van der Waals surface area (Å²) >= 11 is 0. The van der Waals surface area contributed by atoms with E-state index in [0.717, 1.165) is 12.1 Å². The number of carbonyl (C=O) groups is 1. The largest absolute Gasteiger partial charge is 0.444 e. The average Bonchev–Trinajstić information content (AvgIpc) is 2.38. The van der Waals surface area contributed by atoms with Crippen LogP contribution in [0, 0.1) is 0 Å². The second kappa shape index (κ2) is 5.21. The SMILES string of the molecule is O=C(OCc1ccccc1)N1C=CNCC1. The van der Waals surface area contributed by atoms with Crippen LogP contribution in [-0.4, -0.2) is 24.1 Å². The summed E-state index contributed by atoms with van der Waals surface area (Å²) in [6, 6.07) is 9.65. The van der Waals surface area contributed by atoms with Crippen LogP contribution in [0.5, 0.6) is 0 Å². The third kappa shape index (κ3) is 2.76. The highest BCUT2D eigenvalue weighted by Gasteiger charge is 2.13. The van der Waals surface area contributed by atoms with E-state index in [1.54, 1.807) is 17.3 Å². The van der Waals surface area contributed by atoms with E-state index in [2.05, 4.69) is 5.32 Å². The molecular formula is C12H14N2O2. The van der Waals surface area contributed by atoms with Gasteiger partial charge >= 0.3 is 6.09 Å². The van der Waals surface area contributed by atoms with E-state index in [1.165, 1.54) is 0 Å². The highest BCUT2D eigenvalue weighted by molar-refractivity contribution is 5.69. The third-order valence-corrected chi connectivity index (χ3v) is 2.31. The molecule has 4 heteroatoms. The van der Waals surface area contributed by atoms with Crippen LogP contribution < -0.4 is 5.32 Å². The molecule has 0 saturated heterocycles. The van der Waals surface area contributed by atoms with Crippen LogP contribution in [0.1, 0.15) is 5.56 Å². The monoisotopic (exact) mass is 218 g/mol. The zero-order valence-electron chi connectivity index (χ0n) is 8.93. The van der Waals surface area contributed by atoms with E-state index in [4.69, 9.17) is 4.74 Å². The molecule has 0 unspecified atom stereocenters. The number of nitrogens with one attached hydrogen (secondary N) is 1. The first kappa shape index (κ1) is 10.5. The van der Waals surface area contributed by atoms with Crippen LogP contribution in [0.2, 0.25) is 0 Å². The maximum atomic E-state index is 11.6. The summed E-state index contributed by atoms with van der Waals surface area (Å²) in [4.78, 5) is 13.2. The van der Waals surface area contributed by atoms with Crippen LogP contribution in [-0.2, 0) is 11.3 Å². The van der Waals surface area contributed by atoms with Crippen LogP contribution in [0.3, 0.4) is 0 Å². The first-order valence-electron chi connectivity index (χ1n) is 5.23. The molecule has 1 amide bonds. The Morgan fingerprint density at radius 2 is 2.19 bits per heavy atom. The van der Waals surface area contributed by atoms with E-state index in [-0.39, 0.29) is 6.09 Å². The highest BCUT2D eigenvalue weighted by atomic mass is 16.6. The minimum absolute atomic E-state index is 0.304. The van der Waals surface area contributed by atoms with E-state index < -0.39 is 0 Å². The Bertz CT molecular complexity index is 376. The van der Waals surface area contributed by atoms with Gasteiger partial charge in [0.25, 0.3) is 0 Å². The van der Waals surface area contributed by atoms with Gasteiger partial charge in [0.05, 0.1) is 0 Å². The van der Waals surface area contributed by atoms with Gasteiger partial charge in [0.1, 0.15) is 6.61 Å². The predicted octanol–water partition coefficient (Wildman–Crippen LogP) is 1.70. The standard InChI is InChI=1S/C12H14N2O2/c15-12(14-8-6-13-7-9-14)16-10-11-4-2-1-3-5-11/h1-6,8,13H,7,9-10H2. The molecular weight excluding hydrogens is 204 g/mol. The smallest absolute Gasteiger partial charge is 0.414 e. The number of benzene rings is 1. The summed E-state index contributed by atoms with van der Waals surface area (Å²) in [7, 11) is 0. The lowest BCUT2D eigenvalue weighted by molar-refractivity contribution is 0.109. The number of ether oxygens (including phenoxy) is 1. The fourth-order valence-corrected chi connectivity index (χ4v) is 1.44. The maximum absolute atomic E-state index is 11.6. The summed E-state index contributed by atoms with van der Waals surface area (Å²) in [5.74, 6) is 0. The van der Waals surface area contributed by atoms with Gasteiger partial charge in [0.15, 0.2) is 0 Å². The Morgan fingerprint density at radius 1 is 1.38 bits per heavy atom. The number of hydrogen-bond donors (Lipinski definition) is 1.